The minimum Gasteiger partial charge on any atom is -0.381 e. The first-order chi connectivity index (χ1) is 8.81. The zero-order valence-electron chi connectivity index (χ0n) is 10.7. The lowest BCUT2D eigenvalue weighted by Crippen LogP contribution is -2.36. The molecule has 1 aromatic rings. The molecule has 18 heavy (non-hydrogen) atoms. The lowest BCUT2D eigenvalue weighted by molar-refractivity contribution is 0.180. The molecule has 2 rings (SSSR count). The molecule has 0 saturated carbocycles. The van der Waals surface area contributed by atoms with Crippen LogP contribution >= 0.6 is 23.4 Å². The Morgan fingerprint density at radius 2 is 2.33 bits per heavy atom. The first-order valence-corrected chi connectivity index (χ1v) is 7.90. The van der Waals surface area contributed by atoms with E-state index in [1.807, 2.05) is 37.0 Å². The third-order valence-corrected chi connectivity index (χ3v) is 4.90. The molecule has 1 heterocycles. The molecule has 1 aromatic carbocycles. The van der Waals surface area contributed by atoms with E-state index >= 15 is 0 Å². The molecule has 1 fully saturated rings. The predicted octanol–water partition coefficient (Wildman–Crippen LogP) is 3.20. The number of ether oxygens (including phenoxy) is 1. The number of halogens is 1. The molecule has 1 aliphatic heterocycles. The minimum absolute atomic E-state index is 0.542. The molecule has 4 heteroatoms. The average molecular weight is 286 g/mol. The zero-order valence-corrected chi connectivity index (χ0v) is 12.3. The van der Waals surface area contributed by atoms with E-state index in [0.29, 0.717) is 12.0 Å². The van der Waals surface area contributed by atoms with Crippen LogP contribution in [0.2, 0.25) is 5.02 Å². The summed E-state index contributed by atoms with van der Waals surface area (Å²) >= 11 is 8.09. The van der Waals surface area contributed by atoms with Crippen LogP contribution in [0.1, 0.15) is 12.0 Å². The Bertz CT molecular complexity index is 369. The van der Waals surface area contributed by atoms with Crippen LogP contribution in [0.3, 0.4) is 0 Å². The van der Waals surface area contributed by atoms with Crippen LogP contribution in [0.25, 0.3) is 0 Å². The zero-order chi connectivity index (χ0) is 12.8. The van der Waals surface area contributed by atoms with Crippen molar-refractivity contribution < 1.29 is 4.74 Å². The molecule has 1 saturated heterocycles. The number of thioether (sulfide) groups is 1. The van der Waals surface area contributed by atoms with Crippen molar-refractivity contribution in [3.63, 3.8) is 0 Å². The summed E-state index contributed by atoms with van der Waals surface area (Å²) in [7, 11) is 2.04. The monoisotopic (exact) mass is 285 g/mol. The Morgan fingerprint density at radius 1 is 1.50 bits per heavy atom. The van der Waals surface area contributed by atoms with Crippen LogP contribution in [-0.2, 0) is 10.5 Å². The molecule has 0 radical (unpaired) electrons. The fraction of sp³-hybridized carbons (Fsp3) is 0.571. The molecule has 2 unspecified atom stereocenters. The van der Waals surface area contributed by atoms with Gasteiger partial charge in [0.15, 0.2) is 0 Å². The summed E-state index contributed by atoms with van der Waals surface area (Å²) in [5.41, 5.74) is 1.22. The summed E-state index contributed by atoms with van der Waals surface area (Å²) in [4.78, 5) is 0. The molecule has 2 atom stereocenters. The molecule has 100 valence electrons. The highest BCUT2D eigenvalue weighted by atomic mass is 35.5. The molecule has 0 spiro atoms. The van der Waals surface area contributed by atoms with Crippen LogP contribution in [0, 0.1) is 5.92 Å². The third kappa shape index (κ3) is 3.89. The van der Waals surface area contributed by atoms with Crippen molar-refractivity contribution in [2.45, 2.75) is 18.2 Å². The van der Waals surface area contributed by atoms with Crippen molar-refractivity contribution in [1.82, 2.24) is 5.32 Å². The normalized spacial score (nSPS) is 21.1. The fourth-order valence-corrected chi connectivity index (χ4v) is 3.80. The molecule has 1 N–H and O–H groups in total. The van der Waals surface area contributed by atoms with Crippen molar-refractivity contribution in [1.29, 1.82) is 0 Å². The second-order valence-electron chi connectivity index (χ2n) is 4.63. The van der Waals surface area contributed by atoms with Gasteiger partial charge < -0.3 is 10.1 Å². The molecular formula is C14H20ClNOS. The lowest BCUT2D eigenvalue weighted by Gasteiger charge is -2.21. The molecule has 2 nitrogen and oxygen atoms in total. The van der Waals surface area contributed by atoms with Gasteiger partial charge in [-0.3, -0.25) is 0 Å². The largest absolute Gasteiger partial charge is 0.381 e. The van der Waals surface area contributed by atoms with Gasteiger partial charge in [0.25, 0.3) is 0 Å². The predicted molar refractivity (Wildman–Crippen MR) is 79.4 cm³/mol. The van der Waals surface area contributed by atoms with Gasteiger partial charge in [-0.1, -0.05) is 29.8 Å². The van der Waals surface area contributed by atoms with Crippen molar-refractivity contribution in [2.24, 2.45) is 5.92 Å². The molecule has 0 bridgehead atoms. The van der Waals surface area contributed by atoms with Crippen molar-refractivity contribution >= 4 is 23.4 Å². The average Bonchev–Trinajstić information content (AvgIpc) is 2.90. The molecule has 1 aliphatic rings. The highest BCUT2D eigenvalue weighted by Gasteiger charge is 2.24. The van der Waals surface area contributed by atoms with Crippen LogP contribution in [0.4, 0.5) is 0 Å². The van der Waals surface area contributed by atoms with Crippen molar-refractivity contribution in [3.8, 4) is 0 Å². The van der Waals surface area contributed by atoms with Gasteiger partial charge in [-0.2, -0.15) is 11.8 Å². The maximum atomic E-state index is 6.15. The summed E-state index contributed by atoms with van der Waals surface area (Å²) in [6.45, 7) is 1.82. The topological polar surface area (TPSA) is 21.3 Å². The highest BCUT2D eigenvalue weighted by Crippen LogP contribution is 2.24. The lowest BCUT2D eigenvalue weighted by atomic mass is 10.0. The summed E-state index contributed by atoms with van der Waals surface area (Å²) < 4.78 is 5.45. The summed E-state index contributed by atoms with van der Waals surface area (Å²) in [6.07, 6.45) is 1.18. The standard InChI is InChI=1S/C14H20ClNOS/c1-16-14(11-6-7-17-8-11)10-18-9-12-4-2-3-5-13(12)15/h2-5,11,14,16H,6-10H2,1H3. The maximum Gasteiger partial charge on any atom is 0.0510 e. The first kappa shape index (κ1) is 14.2. The van der Waals surface area contributed by atoms with Crippen LogP contribution in [0.5, 0.6) is 0 Å². The van der Waals surface area contributed by atoms with Gasteiger partial charge >= 0.3 is 0 Å². The van der Waals surface area contributed by atoms with Crippen LogP contribution in [-0.4, -0.2) is 32.1 Å². The quantitative estimate of drug-likeness (QED) is 0.867. The smallest absolute Gasteiger partial charge is 0.0510 e. The first-order valence-electron chi connectivity index (χ1n) is 6.37. The Balaban J connectivity index is 1.78. The maximum absolute atomic E-state index is 6.15. The van der Waals surface area contributed by atoms with E-state index in [2.05, 4.69) is 11.4 Å². The third-order valence-electron chi connectivity index (χ3n) is 3.42. The van der Waals surface area contributed by atoms with E-state index in [4.69, 9.17) is 16.3 Å². The number of hydrogen-bond acceptors (Lipinski definition) is 3. The molecule has 0 amide bonds. The van der Waals surface area contributed by atoms with Crippen molar-refractivity contribution in [3.05, 3.63) is 34.9 Å². The number of hydrogen-bond donors (Lipinski definition) is 1. The van der Waals surface area contributed by atoms with Crippen LogP contribution < -0.4 is 5.32 Å². The SMILES string of the molecule is CNC(CSCc1ccccc1Cl)C1CCOC1. The number of benzene rings is 1. The number of rotatable bonds is 6. The second-order valence-corrected chi connectivity index (χ2v) is 6.06. The number of nitrogens with one attached hydrogen (secondary N) is 1. The van der Waals surface area contributed by atoms with Gasteiger partial charge in [-0.15, -0.1) is 0 Å². The van der Waals surface area contributed by atoms with Gasteiger partial charge in [-0.05, 0) is 25.1 Å². The molecule has 0 aromatic heterocycles. The minimum atomic E-state index is 0.542. The Hall–Kier alpha value is -0.220. The summed E-state index contributed by atoms with van der Waals surface area (Å²) in [6, 6.07) is 8.62. The highest BCUT2D eigenvalue weighted by molar-refractivity contribution is 7.98. The van der Waals surface area contributed by atoms with Crippen molar-refractivity contribution in [2.75, 3.05) is 26.0 Å². The van der Waals surface area contributed by atoms with E-state index < -0.39 is 0 Å². The van der Waals surface area contributed by atoms with Crippen LogP contribution in [0.15, 0.2) is 24.3 Å². The Morgan fingerprint density at radius 3 is 3.00 bits per heavy atom. The Kier molecular flexibility index (Phi) is 5.83. The molecular weight excluding hydrogens is 266 g/mol. The van der Waals surface area contributed by atoms with Gasteiger partial charge in [0, 0.05) is 35.1 Å². The molecule has 0 aliphatic carbocycles. The summed E-state index contributed by atoms with van der Waals surface area (Å²) in [5.74, 6) is 2.75. The van der Waals surface area contributed by atoms with E-state index in [9.17, 15) is 0 Å². The van der Waals surface area contributed by atoms with Gasteiger partial charge in [0.1, 0.15) is 0 Å². The Labute approximate surface area is 118 Å². The van der Waals surface area contributed by atoms with E-state index in [1.165, 1.54) is 12.0 Å². The van der Waals surface area contributed by atoms with E-state index in [1.54, 1.807) is 0 Å². The van der Waals surface area contributed by atoms with Gasteiger partial charge in [-0.25, -0.2) is 0 Å². The fourth-order valence-electron chi connectivity index (χ4n) is 2.24. The van der Waals surface area contributed by atoms with Gasteiger partial charge in [0.2, 0.25) is 0 Å². The van der Waals surface area contributed by atoms with Gasteiger partial charge in [0.05, 0.1) is 6.61 Å². The van der Waals surface area contributed by atoms with E-state index in [-0.39, 0.29) is 0 Å². The second kappa shape index (κ2) is 7.39. The van der Waals surface area contributed by atoms with E-state index in [0.717, 1.165) is 29.7 Å². The summed E-state index contributed by atoms with van der Waals surface area (Å²) in [5, 5.41) is 4.28.